The van der Waals surface area contributed by atoms with Crippen LogP contribution in [0.1, 0.15) is 26.3 Å². The second-order valence-electron chi connectivity index (χ2n) is 6.23. The summed E-state index contributed by atoms with van der Waals surface area (Å²) < 4.78 is 0. The number of fused-ring (bicyclic) bond motifs is 1. The molecule has 9 heteroatoms. The summed E-state index contributed by atoms with van der Waals surface area (Å²) in [5.74, 6) is -0.682. The van der Waals surface area contributed by atoms with Crippen LogP contribution < -0.4 is 16.2 Å². The molecule has 3 heterocycles. The van der Waals surface area contributed by atoms with Gasteiger partial charge in [-0.2, -0.15) is 0 Å². The summed E-state index contributed by atoms with van der Waals surface area (Å²) in [6.45, 7) is 0.392. The second kappa shape index (κ2) is 7.77. The first-order valence-electron chi connectivity index (χ1n) is 8.75. The normalized spacial score (nSPS) is 10.6. The summed E-state index contributed by atoms with van der Waals surface area (Å²) in [5, 5.41) is 5.72. The zero-order valence-corrected chi connectivity index (χ0v) is 15.1. The van der Waals surface area contributed by atoms with Gasteiger partial charge in [0.05, 0.1) is 17.3 Å². The van der Waals surface area contributed by atoms with Crippen molar-refractivity contribution in [3.63, 3.8) is 0 Å². The van der Waals surface area contributed by atoms with E-state index in [1.807, 2.05) is 12.1 Å². The van der Waals surface area contributed by atoms with Crippen LogP contribution in [-0.2, 0) is 6.54 Å². The van der Waals surface area contributed by atoms with Crippen LogP contribution >= 0.6 is 0 Å². The number of nitrogens with one attached hydrogen (secondary N) is 4. The van der Waals surface area contributed by atoms with Gasteiger partial charge in [0.25, 0.3) is 17.4 Å². The largest absolute Gasteiger partial charge is 0.348 e. The SMILES string of the molecule is O=C(NCc1ccncc1)c1ccc(NC(=O)c2c[nH]c3nc[nH]c(=O)c23)cc1. The van der Waals surface area contributed by atoms with E-state index in [9.17, 15) is 14.4 Å². The van der Waals surface area contributed by atoms with Gasteiger partial charge in [0, 0.05) is 36.4 Å². The van der Waals surface area contributed by atoms with E-state index < -0.39 is 11.5 Å². The monoisotopic (exact) mass is 388 g/mol. The van der Waals surface area contributed by atoms with Gasteiger partial charge >= 0.3 is 0 Å². The number of hydrogen-bond acceptors (Lipinski definition) is 5. The summed E-state index contributed by atoms with van der Waals surface area (Å²) >= 11 is 0. The molecule has 4 aromatic rings. The van der Waals surface area contributed by atoms with E-state index in [1.165, 1.54) is 12.5 Å². The maximum absolute atomic E-state index is 12.5. The average Bonchev–Trinajstić information content (AvgIpc) is 3.19. The Labute approximate surface area is 164 Å². The van der Waals surface area contributed by atoms with Crippen molar-refractivity contribution in [2.75, 3.05) is 5.32 Å². The van der Waals surface area contributed by atoms with Gasteiger partial charge in [-0.25, -0.2) is 4.98 Å². The van der Waals surface area contributed by atoms with Crippen LogP contribution in [0.4, 0.5) is 5.69 Å². The van der Waals surface area contributed by atoms with Gasteiger partial charge in [0.1, 0.15) is 5.65 Å². The molecule has 0 fully saturated rings. The van der Waals surface area contributed by atoms with Gasteiger partial charge in [-0.15, -0.1) is 0 Å². The Morgan fingerprint density at radius 3 is 2.48 bits per heavy atom. The molecular formula is C20H16N6O3. The number of pyridine rings is 1. The van der Waals surface area contributed by atoms with Gasteiger partial charge in [-0.05, 0) is 42.0 Å². The molecule has 0 aliphatic heterocycles. The molecule has 3 aromatic heterocycles. The Hall–Kier alpha value is -4.27. The maximum Gasteiger partial charge on any atom is 0.261 e. The third kappa shape index (κ3) is 3.88. The van der Waals surface area contributed by atoms with E-state index in [-0.39, 0.29) is 16.9 Å². The highest BCUT2D eigenvalue weighted by molar-refractivity contribution is 6.12. The molecule has 4 N–H and O–H groups in total. The number of hydrogen-bond donors (Lipinski definition) is 4. The van der Waals surface area contributed by atoms with Crippen molar-refractivity contribution in [2.24, 2.45) is 0 Å². The van der Waals surface area contributed by atoms with Gasteiger partial charge in [-0.1, -0.05) is 0 Å². The third-order valence-electron chi connectivity index (χ3n) is 4.33. The lowest BCUT2D eigenvalue weighted by atomic mass is 10.1. The Kier molecular flexibility index (Phi) is 4.85. The number of anilines is 1. The Morgan fingerprint density at radius 2 is 1.72 bits per heavy atom. The predicted octanol–water partition coefficient (Wildman–Crippen LogP) is 1.83. The Morgan fingerprint density at radius 1 is 0.966 bits per heavy atom. The fraction of sp³-hybridized carbons (Fsp3) is 0.0500. The minimum Gasteiger partial charge on any atom is -0.348 e. The zero-order chi connectivity index (χ0) is 20.2. The molecule has 29 heavy (non-hydrogen) atoms. The smallest absolute Gasteiger partial charge is 0.261 e. The molecule has 0 atom stereocenters. The number of nitrogens with zero attached hydrogens (tertiary/aromatic N) is 2. The quantitative estimate of drug-likeness (QED) is 0.414. The van der Waals surface area contributed by atoms with E-state index in [0.29, 0.717) is 23.4 Å². The first kappa shape index (κ1) is 18.1. The average molecular weight is 388 g/mol. The van der Waals surface area contributed by atoms with Crippen LogP contribution in [0.15, 0.2) is 66.1 Å². The summed E-state index contributed by atoms with van der Waals surface area (Å²) in [4.78, 5) is 49.9. The van der Waals surface area contributed by atoms with Crippen molar-refractivity contribution in [3.05, 3.63) is 88.4 Å². The minimum atomic E-state index is -0.454. The summed E-state index contributed by atoms with van der Waals surface area (Å²) in [7, 11) is 0. The fourth-order valence-corrected chi connectivity index (χ4v) is 2.84. The van der Waals surface area contributed by atoms with E-state index in [0.717, 1.165) is 5.56 Å². The lowest BCUT2D eigenvalue weighted by Gasteiger charge is -2.07. The molecular weight excluding hydrogens is 372 g/mol. The first-order chi connectivity index (χ1) is 14.1. The van der Waals surface area contributed by atoms with Crippen molar-refractivity contribution in [1.29, 1.82) is 0 Å². The number of amides is 2. The molecule has 0 saturated carbocycles. The second-order valence-corrected chi connectivity index (χ2v) is 6.23. The van der Waals surface area contributed by atoms with Crippen molar-refractivity contribution in [2.45, 2.75) is 6.54 Å². The predicted molar refractivity (Wildman–Crippen MR) is 107 cm³/mol. The molecule has 2 amide bonds. The fourth-order valence-electron chi connectivity index (χ4n) is 2.84. The zero-order valence-electron chi connectivity index (χ0n) is 15.1. The Bertz CT molecular complexity index is 1230. The molecule has 1 aromatic carbocycles. The number of aromatic amines is 2. The van der Waals surface area contributed by atoms with Crippen molar-refractivity contribution < 1.29 is 9.59 Å². The van der Waals surface area contributed by atoms with Crippen molar-refractivity contribution >= 4 is 28.5 Å². The van der Waals surface area contributed by atoms with Crippen molar-refractivity contribution in [3.8, 4) is 0 Å². The number of benzene rings is 1. The molecule has 0 aliphatic rings. The van der Waals surface area contributed by atoms with E-state index >= 15 is 0 Å². The molecule has 0 saturated heterocycles. The third-order valence-corrected chi connectivity index (χ3v) is 4.33. The summed E-state index contributed by atoms with van der Waals surface area (Å²) in [6.07, 6.45) is 6.03. The summed E-state index contributed by atoms with van der Waals surface area (Å²) in [5.41, 5.74) is 2.02. The topological polar surface area (TPSA) is 133 Å². The standard InChI is InChI=1S/C20H16N6O3/c27-18(23-9-12-5-7-21-8-6-12)13-1-3-14(4-2-13)26-19(28)15-10-22-17-16(15)20(29)25-11-24-17/h1-8,10-11H,9H2,(H,23,27)(H,26,28)(H2,22,24,25,29). The van der Waals surface area contributed by atoms with Crippen LogP contribution in [0, 0.1) is 0 Å². The van der Waals surface area contributed by atoms with Gasteiger partial charge < -0.3 is 20.6 Å². The number of aromatic nitrogens is 4. The molecule has 0 aliphatic carbocycles. The Balaban J connectivity index is 1.43. The highest BCUT2D eigenvalue weighted by atomic mass is 16.2. The maximum atomic E-state index is 12.5. The van der Waals surface area contributed by atoms with Gasteiger partial charge in [0.15, 0.2) is 0 Å². The van der Waals surface area contributed by atoms with E-state index in [4.69, 9.17) is 0 Å². The highest BCUT2D eigenvalue weighted by Crippen LogP contribution is 2.15. The molecule has 144 valence electrons. The number of carbonyl (C=O) groups excluding carboxylic acids is 2. The number of rotatable bonds is 5. The highest BCUT2D eigenvalue weighted by Gasteiger charge is 2.16. The van der Waals surface area contributed by atoms with Crippen LogP contribution in [0.5, 0.6) is 0 Å². The molecule has 0 radical (unpaired) electrons. The van der Waals surface area contributed by atoms with E-state index in [1.54, 1.807) is 36.7 Å². The molecule has 0 bridgehead atoms. The minimum absolute atomic E-state index is 0.188. The number of H-pyrrole nitrogens is 2. The lowest BCUT2D eigenvalue weighted by Crippen LogP contribution is -2.22. The van der Waals surface area contributed by atoms with Gasteiger partial charge in [-0.3, -0.25) is 19.4 Å². The van der Waals surface area contributed by atoms with Crippen LogP contribution in [-0.4, -0.2) is 31.8 Å². The molecule has 0 spiro atoms. The molecule has 9 nitrogen and oxygen atoms in total. The van der Waals surface area contributed by atoms with Crippen LogP contribution in [0.25, 0.3) is 11.0 Å². The number of carbonyl (C=O) groups is 2. The van der Waals surface area contributed by atoms with Crippen LogP contribution in [0.2, 0.25) is 0 Å². The molecule has 4 rings (SSSR count). The first-order valence-corrected chi connectivity index (χ1v) is 8.75. The van der Waals surface area contributed by atoms with Crippen LogP contribution in [0.3, 0.4) is 0 Å². The lowest BCUT2D eigenvalue weighted by molar-refractivity contribution is 0.0950. The van der Waals surface area contributed by atoms with Crippen molar-refractivity contribution in [1.82, 2.24) is 25.3 Å². The van der Waals surface area contributed by atoms with E-state index in [2.05, 4.69) is 30.6 Å². The summed E-state index contributed by atoms with van der Waals surface area (Å²) in [6, 6.07) is 10.1. The van der Waals surface area contributed by atoms with Gasteiger partial charge in [0.2, 0.25) is 0 Å². The molecule has 0 unspecified atom stereocenters.